The summed E-state index contributed by atoms with van der Waals surface area (Å²) in [6.45, 7) is 9.79. The van der Waals surface area contributed by atoms with Gasteiger partial charge in [0, 0.05) is 26.6 Å². The van der Waals surface area contributed by atoms with Crippen LogP contribution in [-0.2, 0) is 52.7 Å². The summed E-state index contributed by atoms with van der Waals surface area (Å²) in [6, 6.07) is 7.49. The highest BCUT2D eigenvalue weighted by Crippen LogP contribution is 2.30. The number of halogens is 2. The van der Waals surface area contributed by atoms with Crippen LogP contribution in [0.3, 0.4) is 0 Å². The third-order valence-corrected chi connectivity index (χ3v) is 8.18. The molecule has 0 atom stereocenters. The molecule has 53 heavy (non-hydrogen) atoms. The maximum absolute atomic E-state index is 14.4. The molecule has 0 fully saturated rings. The van der Waals surface area contributed by atoms with E-state index in [1.807, 2.05) is 13.8 Å². The Labute approximate surface area is 311 Å². The number of carbonyl (C=O) groups is 1. The van der Waals surface area contributed by atoms with E-state index >= 15 is 0 Å². The molecule has 2 aromatic carbocycles. The number of amides is 1. The van der Waals surface area contributed by atoms with Gasteiger partial charge in [0.15, 0.2) is 17.4 Å². The van der Waals surface area contributed by atoms with Crippen LogP contribution in [0.25, 0.3) is 6.08 Å². The lowest BCUT2D eigenvalue weighted by Gasteiger charge is -2.11. The highest BCUT2D eigenvalue weighted by Gasteiger charge is 2.16. The molecule has 2 aromatic rings. The van der Waals surface area contributed by atoms with Crippen molar-refractivity contribution in [1.82, 2.24) is 10.0 Å². The molecule has 0 saturated carbocycles. The molecular weight excluding hydrogens is 722 g/mol. The lowest BCUT2D eigenvalue weighted by molar-refractivity contribution is -0.122. The van der Waals surface area contributed by atoms with Crippen molar-refractivity contribution in [2.45, 2.75) is 25.2 Å². The zero-order valence-corrected chi connectivity index (χ0v) is 31.6. The first kappa shape index (κ1) is 46.1. The number of sulfonamides is 1. The van der Waals surface area contributed by atoms with Crippen LogP contribution in [0.4, 0.5) is 8.78 Å². The fourth-order valence-electron chi connectivity index (χ4n) is 4.19. The van der Waals surface area contributed by atoms with Gasteiger partial charge in [0.05, 0.1) is 104 Å². The predicted molar refractivity (Wildman–Crippen MR) is 193 cm³/mol. The minimum atomic E-state index is -3.85. The van der Waals surface area contributed by atoms with E-state index in [1.54, 1.807) is 13.2 Å². The Morgan fingerprint density at radius 1 is 0.660 bits per heavy atom. The van der Waals surface area contributed by atoms with Crippen molar-refractivity contribution in [3.63, 3.8) is 0 Å². The minimum absolute atomic E-state index is 0.0217. The number of hydrogen-bond donors (Lipinski definition) is 2. The van der Waals surface area contributed by atoms with Gasteiger partial charge in [-0.05, 0) is 55.8 Å². The second-order valence-electron chi connectivity index (χ2n) is 11.4. The number of allylic oxidation sites excluding steroid dienone is 1. The summed E-state index contributed by atoms with van der Waals surface area (Å²) >= 11 is 0. The summed E-state index contributed by atoms with van der Waals surface area (Å²) in [5.74, 6) is -2.39. The number of benzene rings is 2. The predicted octanol–water partition coefficient (Wildman–Crippen LogP) is 3.73. The smallest absolute Gasteiger partial charge is 0.240 e. The molecule has 0 heterocycles. The van der Waals surface area contributed by atoms with Crippen molar-refractivity contribution in [2.75, 3.05) is 119 Å². The van der Waals surface area contributed by atoms with Gasteiger partial charge in [-0.3, -0.25) is 4.79 Å². The van der Waals surface area contributed by atoms with E-state index in [9.17, 15) is 22.0 Å². The topological polar surface area (TPSA) is 158 Å². The molecule has 300 valence electrons. The first-order valence-corrected chi connectivity index (χ1v) is 18.8. The molecule has 1 amide bonds. The summed E-state index contributed by atoms with van der Waals surface area (Å²) < 4.78 is 104. The number of carbonyl (C=O) groups excluding carboxylic acids is 1. The van der Waals surface area contributed by atoms with Crippen LogP contribution in [0, 0.1) is 11.6 Å². The SMILES string of the molecule is COCCOCCOCCOCCOCCC(=O)NCCOCCOCCOCCNS(=O)(=O)c1ccc(Oc2c(F)cc(C=C(C)C)cc2F)cc1. The van der Waals surface area contributed by atoms with Gasteiger partial charge in [-0.25, -0.2) is 21.9 Å². The maximum Gasteiger partial charge on any atom is 0.240 e. The summed E-state index contributed by atoms with van der Waals surface area (Å²) in [5, 5.41) is 2.75. The molecule has 0 aliphatic heterocycles. The number of methoxy groups -OCH3 is 1. The second-order valence-corrected chi connectivity index (χ2v) is 13.2. The molecule has 14 nitrogen and oxygen atoms in total. The molecule has 0 aliphatic carbocycles. The zero-order valence-electron chi connectivity index (χ0n) is 30.8. The largest absolute Gasteiger partial charge is 0.451 e. The van der Waals surface area contributed by atoms with Gasteiger partial charge in [-0.1, -0.05) is 11.6 Å². The number of ether oxygens (including phenoxy) is 9. The van der Waals surface area contributed by atoms with E-state index in [2.05, 4.69) is 10.0 Å². The first-order valence-electron chi connectivity index (χ1n) is 17.3. The van der Waals surface area contributed by atoms with Gasteiger partial charge in [0.25, 0.3) is 0 Å². The monoisotopic (exact) mass is 776 g/mol. The van der Waals surface area contributed by atoms with Gasteiger partial charge < -0.3 is 47.9 Å². The van der Waals surface area contributed by atoms with Crippen LogP contribution < -0.4 is 14.8 Å². The molecule has 0 unspecified atom stereocenters. The molecule has 0 saturated heterocycles. The van der Waals surface area contributed by atoms with Crippen molar-refractivity contribution in [1.29, 1.82) is 0 Å². The Kier molecular flexibility index (Phi) is 24.6. The van der Waals surface area contributed by atoms with E-state index in [0.717, 1.165) is 17.7 Å². The fraction of sp³-hybridized carbons (Fsp3) is 0.583. The third kappa shape index (κ3) is 22.0. The van der Waals surface area contributed by atoms with Crippen molar-refractivity contribution in [2.24, 2.45) is 0 Å². The summed E-state index contributed by atoms with van der Waals surface area (Å²) in [4.78, 5) is 11.8. The van der Waals surface area contributed by atoms with Gasteiger partial charge >= 0.3 is 0 Å². The maximum atomic E-state index is 14.4. The van der Waals surface area contributed by atoms with E-state index in [4.69, 9.17) is 42.6 Å². The van der Waals surface area contributed by atoms with Crippen LogP contribution in [0.1, 0.15) is 25.8 Å². The average Bonchev–Trinajstić information content (AvgIpc) is 3.12. The van der Waals surface area contributed by atoms with E-state index in [1.165, 1.54) is 24.3 Å². The summed E-state index contributed by atoms with van der Waals surface area (Å²) in [7, 11) is -2.23. The molecule has 0 bridgehead atoms. The number of hydrogen-bond acceptors (Lipinski definition) is 12. The lowest BCUT2D eigenvalue weighted by atomic mass is 10.1. The summed E-state index contributed by atoms with van der Waals surface area (Å²) in [5.41, 5.74) is 1.25. The van der Waals surface area contributed by atoms with Crippen molar-refractivity contribution in [3.05, 3.63) is 59.2 Å². The van der Waals surface area contributed by atoms with Crippen LogP contribution in [0.5, 0.6) is 11.5 Å². The van der Waals surface area contributed by atoms with Gasteiger partial charge in [-0.15, -0.1) is 0 Å². The average molecular weight is 777 g/mol. The molecule has 2 N–H and O–H groups in total. The van der Waals surface area contributed by atoms with Crippen molar-refractivity contribution in [3.8, 4) is 11.5 Å². The summed E-state index contributed by atoms with van der Waals surface area (Å²) in [6.07, 6.45) is 1.87. The third-order valence-electron chi connectivity index (χ3n) is 6.70. The Morgan fingerprint density at radius 2 is 1.11 bits per heavy atom. The van der Waals surface area contributed by atoms with E-state index < -0.39 is 27.4 Å². The fourth-order valence-corrected chi connectivity index (χ4v) is 5.20. The van der Waals surface area contributed by atoms with Gasteiger partial charge in [0.2, 0.25) is 15.9 Å². The van der Waals surface area contributed by atoms with Crippen molar-refractivity contribution >= 4 is 22.0 Å². The van der Waals surface area contributed by atoms with Crippen LogP contribution in [0.2, 0.25) is 0 Å². The van der Waals surface area contributed by atoms with E-state index in [0.29, 0.717) is 91.4 Å². The Bertz CT molecular complexity index is 1410. The molecule has 17 heteroatoms. The zero-order chi connectivity index (χ0) is 38.6. The molecule has 2 rings (SSSR count). The molecule has 0 aromatic heterocycles. The highest BCUT2D eigenvalue weighted by atomic mass is 32.2. The number of nitrogens with one attached hydrogen (secondary N) is 2. The normalized spacial score (nSPS) is 11.5. The lowest BCUT2D eigenvalue weighted by Crippen LogP contribution is -2.28. The van der Waals surface area contributed by atoms with Crippen LogP contribution in [0.15, 0.2) is 46.9 Å². The standard InChI is InChI=1S/C36H54F2N2O12S/c1-29(2)26-30-27-33(37)36(34(38)28-30)52-31-4-6-32(7-5-31)53(42,43)40-10-13-47-18-21-50-20-17-46-12-9-39-35(41)8-11-45-16-19-49-24-25-51-23-22-48-15-14-44-3/h4-7,26-28,40H,8-25H2,1-3H3,(H,39,41). The molecule has 0 spiro atoms. The quantitative estimate of drug-likeness (QED) is 0.104. The van der Waals surface area contributed by atoms with Gasteiger partial charge in [-0.2, -0.15) is 0 Å². The Hall–Kier alpha value is -3.10. The van der Waals surface area contributed by atoms with Crippen LogP contribution >= 0.6 is 0 Å². The van der Waals surface area contributed by atoms with Gasteiger partial charge in [0.1, 0.15) is 5.75 Å². The Balaban J connectivity index is 1.41. The molecule has 0 aliphatic rings. The van der Waals surface area contributed by atoms with Crippen LogP contribution in [-0.4, -0.2) is 134 Å². The highest BCUT2D eigenvalue weighted by molar-refractivity contribution is 7.89. The van der Waals surface area contributed by atoms with E-state index in [-0.39, 0.29) is 49.3 Å². The Morgan fingerprint density at radius 3 is 1.60 bits per heavy atom. The molecular formula is C36H54F2N2O12S. The molecule has 0 radical (unpaired) electrons. The number of rotatable bonds is 32. The second kappa shape index (κ2) is 28.4. The first-order chi connectivity index (χ1) is 25.6. The minimum Gasteiger partial charge on any atom is -0.451 e. The van der Waals surface area contributed by atoms with Crippen molar-refractivity contribution < 1.29 is 64.6 Å².